The van der Waals surface area contributed by atoms with Gasteiger partial charge in [0.15, 0.2) is 0 Å². The Labute approximate surface area is 155 Å². The van der Waals surface area contributed by atoms with Crippen LogP contribution in [-0.2, 0) is 14.4 Å². The van der Waals surface area contributed by atoms with Crippen LogP contribution in [0.4, 0.5) is 5.69 Å². The second-order valence-electron chi connectivity index (χ2n) is 6.84. The predicted octanol–water partition coefficient (Wildman–Crippen LogP) is 3.13. The minimum Gasteiger partial charge on any atom is -0.323 e. The van der Waals surface area contributed by atoms with E-state index in [1.165, 1.54) is 6.07 Å². The highest BCUT2D eigenvalue weighted by Crippen LogP contribution is 2.52. The van der Waals surface area contributed by atoms with Gasteiger partial charge in [0.1, 0.15) is 6.04 Å². The third kappa shape index (κ3) is 2.49. The van der Waals surface area contributed by atoms with Gasteiger partial charge < -0.3 is 5.32 Å². The van der Waals surface area contributed by atoms with Crippen molar-refractivity contribution >= 4 is 46.6 Å². The van der Waals surface area contributed by atoms with E-state index >= 15 is 0 Å². The summed E-state index contributed by atoms with van der Waals surface area (Å²) in [5.74, 6) is -1.30. The molecule has 1 heterocycles. The summed E-state index contributed by atoms with van der Waals surface area (Å²) in [6.07, 6.45) is 4.92. The number of likely N-dealkylation sites (tertiary alicyclic amines) is 1. The van der Waals surface area contributed by atoms with E-state index in [0.717, 1.165) is 11.3 Å². The first kappa shape index (κ1) is 16.6. The van der Waals surface area contributed by atoms with Crippen LogP contribution in [0.15, 0.2) is 30.4 Å². The van der Waals surface area contributed by atoms with E-state index in [0.29, 0.717) is 15.7 Å². The van der Waals surface area contributed by atoms with Crippen LogP contribution in [0.5, 0.6) is 0 Å². The topological polar surface area (TPSA) is 66.5 Å². The first-order chi connectivity index (χ1) is 11.9. The van der Waals surface area contributed by atoms with Crippen LogP contribution in [0.1, 0.15) is 13.3 Å². The molecule has 1 saturated carbocycles. The highest BCUT2D eigenvalue weighted by atomic mass is 35.5. The summed E-state index contributed by atoms with van der Waals surface area (Å²) in [6.45, 7) is 1.56. The number of fused-ring (bicyclic) bond motifs is 5. The van der Waals surface area contributed by atoms with Crippen molar-refractivity contribution in [2.24, 2.45) is 23.7 Å². The van der Waals surface area contributed by atoms with Gasteiger partial charge in [0.2, 0.25) is 17.7 Å². The zero-order chi connectivity index (χ0) is 17.9. The van der Waals surface area contributed by atoms with E-state index in [1.54, 1.807) is 19.1 Å². The van der Waals surface area contributed by atoms with E-state index in [4.69, 9.17) is 23.2 Å². The second kappa shape index (κ2) is 5.85. The van der Waals surface area contributed by atoms with Crippen LogP contribution >= 0.6 is 23.2 Å². The molecule has 3 aliphatic rings. The molecule has 25 heavy (non-hydrogen) atoms. The summed E-state index contributed by atoms with van der Waals surface area (Å²) >= 11 is 11.9. The zero-order valence-electron chi connectivity index (χ0n) is 13.4. The minimum atomic E-state index is -0.892. The van der Waals surface area contributed by atoms with Gasteiger partial charge >= 0.3 is 0 Å². The number of rotatable bonds is 3. The Morgan fingerprint density at radius 1 is 1.16 bits per heavy atom. The number of carbonyl (C=O) groups is 3. The van der Waals surface area contributed by atoms with E-state index < -0.39 is 11.9 Å². The van der Waals surface area contributed by atoms with Crippen molar-refractivity contribution in [3.63, 3.8) is 0 Å². The normalized spacial score (nSPS) is 30.8. The molecule has 1 aliphatic heterocycles. The number of amides is 3. The molecule has 0 radical (unpaired) electrons. The molecule has 5 nitrogen and oxygen atoms in total. The molecule has 1 N–H and O–H groups in total. The number of hydrogen-bond donors (Lipinski definition) is 1. The quantitative estimate of drug-likeness (QED) is 0.648. The highest BCUT2D eigenvalue weighted by Gasteiger charge is 2.60. The van der Waals surface area contributed by atoms with Gasteiger partial charge in [0.05, 0.1) is 22.5 Å². The fourth-order valence-corrected chi connectivity index (χ4v) is 4.71. The van der Waals surface area contributed by atoms with Gasteiger partial charge in [-0.25, -0.2) is 0 Å². The Bertz CT molecular complexity index is 793. The third-order valence-electron chi connectivity index (χ3n) is 5.46. The van der Waals surface area contributed by atoms with Crippen LogP contribution in [-0.4, -0.2) is 28.7 Å². The lowest BCUT2D eigenvalue weighted by Gasteiger charge is -2.24. The smallest absolute Gasteiger partial charge is 0.247 e. The molecule has 2 fully saturated rings. The van der Waals surface area contributed by atoms with E-state index in [2.05, 4.69) is 5.32 Å². The van der Waals surface area contributed by atoms with E-state index in [9.17, 15) is 14.4 Å². The lowest BCUT2D eigenvalue weighted by atomic mass is 9.85. The number of imide groups is 1. The minimum absolute atomic E-state index is 0.123. The number of benzene rings is 1. The van der Waals surface area contributed by atoms with E-state index in [-0.39, 0.29) is 35.5 Å². The van der Waals surface area contributed by atoms with Crippen LogP contribution in [0, 0.1) is 23.7 Å². The Morgan fingerprint density at radius 3 is 2.32 bits per heavy atom. The van der Waals surface area contributed by atoms with Crippen molar-refractivity contribution in [3.05, 3.63) is 40.4 Å². The van der Waals surface area contributed by atoms with Gasteiger partial charge in [-0.3, -0.25) is 19.3 Å². The number of anilines is 1. The van der Waals surface area contributed by atoms with E-state index in [1.807, 2.05) is 12.2 Å². The van der Waals surface area contributed by atoms with Crippen LogP contribution in [0.2, 0.25) is 10.0 Å². The standard InChI is InChI=1S/C18H16Cl2N2O3/c1-8(16(23)21-13-5-4-11(19)7-12(13)20)22-17(24)14-9-2-3-10(6-9)15(14)18(22)25/h2-5,7-10,14-15H,6H2,1H3,(H,21,23)/t8-,9-,10-,14-,15-/m0/s1. The molecule has 0 spiro atoms. The average Bonchev–Trinajstić information content (AvgIpc) is 3.23. The molecule has 1 aromatic carbocycles. The summed E-state index contributed by atoms with van der Waals surface area (Å²) in [4.78, 5) is 39.2. The number of nitrogens with zero attached hydrogens (tertiary/aromatic N) is 1. The molecular weight excluding hydrogens is 363 g/mol. The molecule has 1 aromatic rings. The largest absolute Gasteiger partial charge is 0.323 e. The van der Waals surface area contributed by atoms with Crippen molar-refractivity contribution < 1.29 is 14.4 Å². The maximum atomic E-state index is 12.7. The number of carbonyl (C=O) groups excluding carboxylic acids is 3. The van der Waals surface area contributed by atoms with Crippen LogP contribution in [0.25, 0.3) is 0 Å². The molecule has 0 unspecified atom stereocenters. The van der Waals surface area contributed by atoms with Crippen molar-refractivity contribution in [1.29, 1.82) is 0 Å². The number of nitrogens with one attached hydrogen (secondary N) is 1. The summed E-state index contributed by atoms with van der Waals surface area (Å²) in [6, 6.07) is 3.82. The zero-order valence-corrected chi connectivity index (χ0v) is 14.9. The van der Waals surface area contributed by atoms with Crippen LogP contribution in [0.3, 0.4) is 0 Å². The van der Waals surface area contributed by atoms with Gasteiger partial charge in [-0.2, -0.15) is 0 Å². The van der Waals surface area contributed by atoms with Crippen molar-refractivity contribution in [3.8, 4) is 0 Å². The summed E-state index contributed by atoms with van der Waals surface area (Å²) in [7, 11) is 0. The first-order valence-corrected chi connectivity index (χ1v) is 8.95. The Hall–Kier alpha value is -1.85. The Balaban J connectivity index is 1.53. The molecule has 3 amide bonds. The van der Waals surface area contributed by atoms with Gasteiger partial charge in [-0.1, -0.05) is 35.4 Å². The number of hydrogen-bond acceptors (Lipinski definition) is 3. The van der Waals surface area contributed by atoms with Gasteiger partial charge in [-0.05, 0) is 43.4 Å². The molecule has 130 valence electrons. The predicted molar refractivity (Wildman–Crippen MR) is 94.1 cm³/mol. The summed E-state index contributed by atoms with van der Waals surface area (Å²) in [5.41, 5.74) is 0.393. The SMILES string of the molecule is C[C@@H](C(=O)Nc1ccc(Cl)cc1Cl)N1C(=O)[C@@H]2[C@@H](C1=O)[C@H]1C=C[C@H]2C1. The maximum Gasteiger partial charge on any atom is 0.247 e. The van der Waals surface area contributed by atoms with Crippen molar-refractivity contribution in [2.75, 3.05) is 5.32 Å². The lowest BCUT2D eigenvalue weighted by Crippen LogP contribution is -2.46. The molecule has 5 atom stereocenters. The number of halogens is 2. The fraction of sp³-hybridized carbons (Fsp3) is 0.389. The molecule has 0 aromatic heterocycles. The number of allylic oxidation sites excluding steroid dienone is 2. The molecule has 4 rings (SSSR count). The highest BCUT2D eigenvalue weighted by molar-refractivity contribution is 6.36. The summed E-state index contributed by atoms with van der Waals surface area (Å²) in [5, 5.41) is 3.42. The molecule has 7 heteroatoms. The fourth-order valence-electron chi connectivity index (χ4n) is 4.25. The lowest BCUT2D eigenvalue weighted by molar-refractivity contribution is -0.146. The second-order valence-corrected chi connectivity index (χ2v) is 7.68. The average molecular weight is 379 g/mol. The van der Waals surface area contributed by atoms with Gasteiger partial charge in [-0.15, -0.1) is 0 Å². The summed E-state index contributed by atoms with van der Waals surface area (Å²) < 4.78 is 0. The van der Waals surface area contributed by atoms with Gasteiger partial charge in [0.25, 0.3) is 0 Å². The molecule has 2 bridgehead atoms. The third-order valence-corrected chi connectivity index (χ3v) is 6.01. The Morgan fingerprint density at radius 2 is 1.76 bits per heavy atom. The van der Waals surface area contributed by atoms with Crippen molar-refractivity contribution in [2.45, 2.75) is 19.4 Å². The Kier molecular flexibility index (Phi) is 3.89. The molecular formula is C18H16Cl2N2O3. The van der Waals surface area contributed by atoms with Crippen LogP contribution < -0.4 is 5.32 Å². The molecule has 2 aliphatic carbocycles. The first-order valence-electron chi connectivity index (χ1n) is 8.19. The maximum absolute atomic E-state index is 12.7. The monoisotopic (exact) mass is 378 g/mol. The van der Waals surface area contributed by atoms with Gasteiger partial charge in [0, 0.05) is 5.02 Å². The van der Waals surface area contributed by atoms with Crippen molar-refractivity contribution in [1.82, 2.24) is 4.90 Å². The molecule has 1 saturated heterocycles.